The molecule has 2 fully saturated rings. The first-order chi connectivity index (χ1) is 12.8. The summed E-state index contributed by atoms with van der Waals surface area (Å²) in [4.78, 5) is 16.9. The average Bonchev–Trinajstić information content (AvgIpc) is 2.68. The lowest BCUT2D eigenvalue weighted by molar-refractivity contribution is 0.0663. The van der Waals surface area contributed by atoms with Gasteiger partial charge in [0, 0.05) is 37.8 Å². The SMILES string of the molecule is CN(C)C1CCN(C(=O)c2ccc(Cl)c(S(=O)(=O)N3CCCCC3)c2)CC1. The number of likely N-dealkylation sites (tertiary alicyclic amines) is 1. The predicted octanol–water partition coefficient (Wildman–Crippen LogP) is 2.68. The third-order valence-corrected chi connectivity index (χ3v) is 7.97. The molecule has 2 aliphatic heterocycles. The third kappa shape index (κ3) is 4.47. The van der Waals surface area contributed by atoms with Gasteiger partial charge in [0.15, 0.2) is 0 Å². The first-order valence-electron chi connectivity index (χ1n) is 9.56. The Balaban J connectivity index is 1.80. The summed E-state index contributed by atoms with van der Waals surface area (Å²) in [5.41, 5.74) is 0.387. The second-order valence-corrected chi connectivity index (χ2v) is 9.91. The molecule has 1 aromatic carbocycles. The van der Waals surface area contributed by atoms with Gasteiger partial charge in [-0.2, -0.15) is 4.31 Å². The van der Waals surface area contributed by atoms with Crippen LogP contribution < -0.4 is 0 Å². The minimum Gasteiger partial charge on any atom is -0.339 e. The largest absolute Gasteiger partial charge is 0.339 e. The first kappa shape index (κ1) is 20.6. The maximum absolute atomic E-state index is 13.0. The molecule has 0 aromatic heterocycles. The summed E-state index contributed by atoms with van der Waals surface area (Å²) >= 11 is 6.21. The van der Waals surface area contributed by atoms with Gasteiger partial charge in [-0.05, 0) is 58.0 Å². The summed E-state index contributed by atoms with van der Waals surface area (Å²) in [5.74, 6) is -0.126. The summed E-state index contributed by atoms with van der Waals surface area (Å²) in [6.07, 6.45) is 4.60. The standard InChI is InChI=1S/C19H28ClN3O3S/c1-21(2)16-8-12-22(13-9-16)19(24)15-6-7-17(20)18(14-15)27(25,26)23-10-4-3-5-11-23/h6-7,14,16H,3-5,8-13H2,1-2H3. The van der Waals surface area contributed by atoms with Crippen molar-refractivity contribution in [1.29, 1.82) is 0 Å². The molecule has 8 heteroatoms. The molecule has 2 heterocycles. The third-order valence-electron chi connectivity index (χ3n) is 5.59. The van der Waals surface area contributed by atoms with Gasteiger partial charge >= 0.3 is 0 Å². The van der Waals surface area contributed by atoms with Crippen LogP contribution in [-0.4, -0.2) is 74.7 Å². The highest BCUT2D eigenvalue weighted by Gasteiger charge is 2.30. The van der Waals surface area contributed by atoms with E-state index in [-0.39, 0.29) is 15.8 Å². The highest BCUT2D eigenvalue weighted by Crippen LogP contribution is 2.28. The van der Waals surface area contributed by atoms with Gasteiger partial charge in [-0.25, -0.2) is 8.42 Å². The van der Waals surface area contributed by atoms with E-state index in [9.17, 15) is 13.2 Å². The Labute approximate surface area is 167 Å². The Morgan fingerprint density at radius 3 is 2.30 bits per heavy atom. The fourth-order valence-electron chi connectivity index (χ4n) is 3.85. The molecule has 6 nitrogen and oxygen atoms in total. The van der Waals surface area contributed by atoms with Crippen LogP contribution in [0, 0.1) is 0 Å². The van der Waals surface area contributed by atoms with Crippen molar-refractivity contribution < 1.29 is 13.2 Å². The number of sulfonamides is 1. The van der Waals surface area contributed by atoms with Crippen molar-refractivity contribution in [1.82, 2.24) is 14.1 Å². The lowest BCUT2D eigenvalue weighted by Gasteiger charge is -2.35. The predicted molar refractivity (Wildman–Crippen MR) is 107 cm³/mol. The van der Waals surface area contributed by atoms with Crippen LogP contribution in [0.1, 0.15) is 42.5 Å². The van der Waals surface area contributed by atoms with Crippen LogP contribution in [0.2, 0.25) is 5.02 Å². The van der Waals surface area contributed by atoms with Gasteiger partial charge in [-0.1, -0.05) is 18.0 Å². The number of amides is 1. The Morgan fingerprint density at radius 2 is 1.70 bits per heavy atom. The summed E-state index contributed by atoms with van der Waals surface area (Å²) < 4.78 is 27.5. The van der Waals surface area contributed by atoms with Crippen LogP contribution in [0.3, 0.4) is 0 Å². The van der Waals surface area contributed by atoms with Crippen molar-refractivity contribution in [2.75, 3.05) is 40.3 Å². The van der Waals surface area contributed by atoms with Crippen LogP contribution in [0.4, 0.5) is 0 Å². The zero-order chi connectivity index (χ0) is 19.6. The highest BCUT2D eigenvalue weighted by molar-refractivity contribution is 7.89. The molecule has 27 heavy (non-hydrogen) atoms. The second-order valence-electron chi connectivity index (χ2n) is 7.60. The topological polar surface area (TPSA) is 60.9 Å². The molecule has 150 valence electrons. The molecule has 0 N–H and O–H groups in total. The van der Waals surface area contributed by atoms with Gasteiger partial charge in [0.25, 0.3) is 5.91 Å². The molecule has 3 rings (SSSR count). The van der Waals surface area contributed by atoms with Crippen molar-refractivity contribution >= 4 is 27.5 Å². The zero-order valence-electron chi connectivity index (χ0n) is 16.0. The van der Waals surface area contributed by atoms with Crippen LogP contribution in [0.15, 0.2) is 23.1 Å². The number of hydrogen-bond acceptors (Lipinski definition) is 4. The van der Waals surface area contributed by atoms with Crippen LogP contribution in [0.25, 0.3) is 0 Å². The van der Waals surface area contributed by atoms with Gasteiger partial charge in [0.1, 0.15) is 4.90 Å². The molecule has 0 saturated carbocycles. The molecule has 0 aliphatic carbocycles. The molecule has 2 aliphatic rings. The first-order valence-corrected chi connectivity index (χ1v) is 11.4. The van der Waals surface area contributed by atoms with Gasteiger partial charge in [0.2, 0.25) is 10.0 Å². The van der Waals surface area contributed by atoms with Crippen molar-refractivity contribution in [3.05, 3.63) is 28.8 Å². The molecule has 0 bridgehead atoms. The molecule has 0 atom stereocenters. The van der Waals surface area contributed by atoms with Crippen LogP contribution in [-0.2, 0) is 10.0 Å². The van der Waals surface area contributed by atoms with E-state index < -0.39 is 10.0 Å². The lowest BCUT2D eigenvalue weighted by Crippen LogP contribution is -2.44. The van der Waals surface area contributed by atoms with Crippen molar-refractivity contribution in [3.63, 3.8) is 0 Å². The van der Waals surface area contributed by atoms with E-state index in [1.807, 2.05) is 0 Å². The van der Waals surface area contributed by atoms with Crippen molar-refractivity contribution in [2.45, 2.75) is 43.0 Å². The zero-order valence-corrected chi connectivity index (χ0v) is 17.6. The van der Waals surface area contributed by atoms with E-state index >= 15 is 0 Å². The Morgan fingerprint density at radius 1 is 1.07 bits per heavy atom. The van der Waals surface area contributed by atoms with Gasteiger partial charge < -0.3 is 9.80 Å². The molecular weight excluding hydrogens is 386 g/mol. The smallest absolute Gasteiger partial charge is 0.253 e. The number of rotatable bonds is 4. The number of carbonyl (C=O) groups excluding carboxylic acids is 1. The number of carbonyl (C=O) groups is 1. The minimum atomic E-state index is -3.68. The van der Waals surface area contributed by atoms with Gasteiger partial charge in [-0.3, -0.25) is 4.79 Å². The quantitative estimate of drug-likeness (QED) is 0.761. The molecule has 0 radical (unpaired) electrons. The Kier molecular flexibility index (Phi) is 6.46. The summed E-state index contributed by atoms with van der Waals surface area (Å²) in [6, 6.07) is 5.08. The maximum atomic E-state index is 13.0. The Bertz CT molecular complexity index is 783. The van der Waals surface area contributed by atoms with Crippen molar-refractivity contribution in [3.8, 4) is 0 Å². The maximum Gasteiger partial charge on any atom is 0.253 e. The molecule has 0 unspecified atom stereocenters. The van der Waals surface area contributed by atoms with E-state index in [2.05, 4.69) is 19.0 Å². The van der Waals surface area contributed by atoms with E-state index in [0.29, 0.717) is 37.8 Å². The minimum absolute atomic E-state index is 0.0418. The van der Waals surface area contributed by atoms with Crippen LogP contribution in [0.5, 0.6) is 0 Å². The summed E-state index contributed by atoms with van der Waals surface area (Å²) in [6.45, 7) is 2.38. The number of benzene rings is 1. The number of piperidine rings is 2. The molecule has 2 saturated heterocycles. The number of nitrogens with zero attached hydrogens (tertiary/aromatic N) is 3. The van der Waals surface area contributed by atoms with E-state index in [4.69, 9.17) is 11.6 Å². The molecule has 1 aromatic rings. The Hall–Kier alpha value is -1.15. The second kappa shape index (κ2) is 8.47. The van der Waals surface area contributed by atoms with Gasteiger partial charge in [0.05, 0.1) is 5.02 Å². The lowest BCUT2D eigenvalue weighted by atomic mass is 10.0. The molecule has 1 amide bonds. The van der Waals surface area contributed by atoms with E-state index in [1.54, 1.807) is 11.0 Å². The van der Waals surface area contributed by atoms with E-state index in [1.165, 1.54) is 16.4 Å². The van der Waals surface area contributed by atoms with E-state index in [0.717, 1.165) is 32.1 Å². The monoisotopic (exact) mass is 413 g/mol. The molecule has 0 spiro atoms. The van der Waals surface area contributed by atoms with Crippen LogP contribution >= 0.6 is 11.6 Å². The summed E-state index contributed by atoms with van der Waals surface area (Å²) in [5, 5.41) is 0.170. The van der Waals surface area contributed by atoms with Crippen molar-refractivity contribution in [2.24, 2.45) is 0 Å². The van der Waals surface area contributed by atoms with Gasteiger partial charge in [-0.15, -0.1) is 0 Å². The number of hydrogen-bond donors (Lipinski definition) is 0. The fraction of sp³-hybridized carbons (Fsp3) is 0.632. The average molecular weight is 414 g/mol. The molecular formula is C19H28ClN3O3S. The fourth-order valence-corrected chi connectivity index (χ4v) is 5.86. The summed E-state index contributed by atoms with van der Waals surface area (Å²) in [7, 11) is 0.434. The highest BCUT2D eigenvalue weighted by atomic mass is 35.5. The number of halogens is 1. The normalized spacial score (nSPS) is 20.2.